The van der Waals surface area contributed by atoms with Crippen LogP contribution in [0.1, 0.15) is 12.5 Å². The maximum atomic E-state index is 5.54. The summed E-state index contributed by atoms with van der Waals surface area (Å²) in [5.74, 6) is 6.05. The summed E-state index contributed by atoms with van der Waals surface area (Å²) in [6.45, 7) is 6.91. The number of hydrogen-bond acceptors (Lipinski definition) is 4. The maximum Gasteiger partial charge on any atom is 0.130 e. The van der Waals surface area contributed by atoms with E-state index < -0.39 is 0 Å². The van der Waals surface area contributed by atoms with E-state index in [0.29, 0.717) is 19.0 Å². The summed E-state index contributed by atoms with van der Waals surface area (Å²) in [6.07, 6.45) is 0. The monoisotopic (exact) mass is 301 g/mol. The fourth-order valence-electron chi connectivity index (χ4n) is 1.58. The summed E-state index contributed by atoms with van der Waals surface area (Å²) in [5.41, 5.74) is 1.96. The molecule has 1 aliphatic heterocycles. The number of fused-ring (bicyclic) bond motifs is 1. The van der Waals surface area contributed by atoms with Gasteiger partial charge in [0.15, 0.2) is 0 Å². The van der Waals surface area contributed by atoms with Crippen molar-refractivity contribution in [1.82, 2.24) is 0 Å². The lowest BCUT2D eigenvalue weighted by Crippen LogP contribution is -2.29. The van der Waals surface area contributed by atoms with Gasteiger partial charge in [0.2, 0.25) is 0 Å². The van der Waals surface area contributed by atoms with Gasteiger partial charge in [0.1, 0.15) is 10.8 Å². The molecule has 0 bridgehead atoms. The highest BCUT2D eigenvalue weighted by Gasteiger charge is 2.24. The molecule has 0 radical (unpaired) electrons. The normalized spacial score (nSPS) is 17.2. The standard InChI is InChI=1S/C10H12BrN3OS/c1-6-3-15-4-8-9(11)5-16-10(8)14(6)7(2)13-12/h5H,1,3-4,12H2,2H3/b13-7-. The Bertz CT molecular complexity index is 455. The lowest BCUT2D eigenvalue weighted by Gasteiger charge is -2.22. The van der Waals surface area contributed by atoms with Crippen LogP contribution < -0.4 is 10.7 Å². The molecular formula is C10H12BrN3OS. The second kappa shape index (κ2) is 4.57. The molecule has 4 nitrogen and oxygen atoms in total. The molecule has 0 saturated heterocycles. The Kier molecular flexibility index (Phi) is 3.32. The molecule has 0 aliphatic carbocycles. The first-order valence-electron chi connectivity index (χ1n) is 4.71. The number of halogens is 1. The first kappa shape index (κ1) is 11.6. The van der Waals surface area contributed by atoms with Gasteiger partial charge in [-0.25, -0.2) is 0 Å². The van der Waals surface area contributed by atoms with Gasteiger partial charge in [-0.2, -0.15) is 5.10 Å². The molecule has 0 atom stereocenters. The van der Waals surface area contributed by atoms with E-state index in [2.05, 4.69) is 27.6 Å². The summed E-state index contributed by atoms with van der Waals surface area (Å²) >= 11 is 5.13. The van der Waals surface area contributed by atoms with Gasteiger partial charge in [0.25, 0.3) is 0 Å². The fourth-order valence-corrected chi connectivity index (χ4v) is 3.33. The van der Waals surface area contributed by atoms with Crippen LogP contribution in [0, 0.1) is 0 Å². The number of hydrazone groups is 1. The number of anilines is 1. The van der Waals surface area contributed by atoms with Crippen LogP contribution in [0.4, 0.5) is 5.00 Å². The number of amidine groups is 1. The van der Waals surface area contributed by atoms with Crippen molar-refractivity contribution in [3.63, 3.8) is 0 Å². The van der Waals surface area contributed by atoms with Gasteiger partial charge in [-0.1, -0.05) is 6.58 Å². The predicted octanol–water partition coefficient (Wildman–Crippen LogP) is 2.65. The molecule has 0 amide bonds. The zero-order valence-corrected chi connectivity index (χ0v) is 11.3. The molecule has 0 aromatic carbocycles. The number of nitrogens with two attached hydrogens (primary N) is 1. The number of rotatable bonds is 0. The lowest BCUT2D eigenvalue weighted by molar-refractivity contribution is 0.146. The van der Waals surface area contributed by atoms with Crippen molar-refractivity contribution in [2.24, 2.45) is 10.9 Å². The number of nitrogens with zero attached hydrogens (tertiary/aromatic N) is 2. The van der Waals surface area contributed by atoms with Gasteiger partial charge in [0, 0.05) is 21.1 Å². The molecular weight excluding hydrogens is 290 g/mol. The Morgan fingerprint density at radius 2 is 2.44 bits per heavy atom. The van der Waals surface area contributed by atoms with Crippen LogP contribution in [0.2, 0.25) is 0 Å². The zero-order valence-electron chi connectivity index (χ0n) is 8.86. The van der Waals surface area contributed by atoms with Crippen molar-refractivity contribution >= 4 is 38.1 Å². The highest BCUT2D eigenvalue weighted by molar-refractivity contribution is 9.10. The van der Waals surface area contributed by atoms with E-state index in [0.717, 1.165) is 20.7 Å². The van der Waals surface area contributed by atoms with E-state index in [1.54, 1.807) is 11.3 Å². The van der Waals surface area contributed by atoms with Crippen LogP contribution >= 0.6 is 27.3 Å². The molecule has 0 fully saturated rings. The summed E-state index contributed by atoms with van der Waals surface area (Å²) < 4.78 is 6.59. The molecule has 0 saturated carbocycles. The van der Waals surface area contributed by atoms with Gasteiger partial charge in [0.05, 0.1) is 13.2 Å². The van der Waals surface area contributed by atoms with Crippen LogP contribution in [0.5, 0.6) is 0 Å². The van der Waals surface area contributed by atoms with Crippen molar-refractivity contribution in [2.75, 3.05) is 11.5 Å². The Morgan fingerprint density at radius 1 is 1.69 bits per heavy atom. The Balaban J connectivity index is 2.52. The number of ether oxygens (including phenoxy) is 1. The average Bonchev–Trinajstić information content (AvgIpc) is 2.53. The minimum absolute atomic E-state index is 0.487. The quantitative estimate of drug-likeness (QED) is 0.347. The Hall–Kier alpha value is -0.850. The molecule has 2 heterocycles. The Morgan fingerprint density at radius 3 is 3.12 bits per heavy atom. The molecule has 1 aliphatic rings. The molecule has 2 rings (SSSR count). The van der Waals surface area contributed by atoms with Gasteiger partial charge >= 0.3 is 0 Å². The first-order valence-corrected chi connectivity index (χ1v) is 6.38. The first-order chi connectivity index (χ1) is 7.65. The summed E-state index contributed by atoms with van der Waals surface area (Å²) in [4.78, 5) is 1.94. The third-order valence-corrected chi connectivity index (χ3v) is 4.38. The second-order valence-corrected chi connectivity index (χ2v) is 5.15. The minimum atomic E-state index is 0.487. The average molecular weight is 302 g/mol. The van der Waals surface area contributed by atoms with Crippen LogP contribution in [0.3, 0.4) is 0 Å². The molecule has 1 aromatic heterocycles. The van der Waals surface area contributed by atoms with Gasteiger partial charge in [-0.05, 0) is 22.9 Å². The topological polar surface area (TPSA) is 50.8 Å². The summed E-state index contributed by atoms with van der Waals surface area (Å²) in [7, 11) is 0. The molecule has 0 spiro atoms. The van der Waals surface area contributed by atoms with E-state index in [4.69, 9.17) is 10.6 Å². The van der Waals surface area contributed by atoms with E-state index in [-0.39, 0.29) is 0 Å². The summed E-state index contributed by atoms with van der Waals surface area (Å²) in [5, 5.41) is 6.83. The van der Waals surface area contributed by atoms with E-state index in [1.165, 1.54) is 0 Å². The van der Waals surface area contributed by atoms with E-state index >= 15 is 0 Å². The number of hydrogen-bond donors (Lipinski definition) is 1. The van der Waals surface area contributed by atoms with Crippen molar-refractivity contribution < 1.29 is 4.74 Å². The highest BCUT2D eigenvalue weighted by Crippen LogP contribution is 2.39. The lowest BCUT2D eigenvalue weighted by atomic mass is 10.3. The molecule has 16 heavy (non-hydrogen) atoms. The van der Waals surface area contributed by atoms with Gasteiger partial charge < -0.3 is 10.6 Å². The third kappa shape index (κ3) is 1.88. The molecule has 6 heteroatoms. The molecule has 1 aromatic rings. The highest BCUT2D eigenvalue weighted by atomic mass is 79.9. The molecule has 86 valence electrons. The van der Waals surface area contributed by atoms with Crippen molar-refractivity contribution in [3.05, 3.63) is 27.7 Å². The van der Waals surface area contributed by atoms with Crippen LogP contribution in [-0.2, 0) is 11.3 Å². The fraction of sp³-hybridized carbons (Fsp3) is 0.300. The SMILES string of the molecule is C=C1COCc2c(Br)csc2N1/C(C)=N\N. The van der Waals surface area contributed by atoms with Crippen LogP contribution in [0.15, 0.2) is 27.2 Å². The maximum absolute atomic E-state index is 5.54. The van der Waals surface area contributed by atoms with Crippen molar-refractivity contribution in [3.8, 4) is 0 Å². The van der Waals surface area contributed by atoms with Gasteiger partial charge in [-0.3, -0.25) is 4.90 Å². The predicted molar refractivity (Wildman–Crippen MR) is 70.6 cm³/mol. The van der Waals surface area contributed by atoms with E-state index in [1.807, 2.05) is 17.2 Å². The zero-order chi connectivity index (χ0) is 11.7. The largest absolute Gasteiger partial charge is 0.370 e. The van der Waals surface area contributed by atoms with Gasteiger partial charge in [-0.15, -0.1) is 11.3 Å². The van der Waals surface area contributed by atoms with E-state index in [9.17, 15) is 0 Å². The third-order valence-electron chi connectivity index (χ3n) is 2.37. The molecule has 2 N–H and O–H groups in total. The van der Waals surface area contributed by atoms with Crippen LogP contribution in [0.25, 0.3) is 0 Å². The second-order valence-electron chi connectivity index (χ2n) is 3.44. The minimum Gasteiger partial charge on any atom is -0.370 e. The Labute approximate surface area is 107 Å². The van der Waals surface area contributed by atoms with Crippen molar-refractivity contribution in [2.45, 2.75) is 13.5 Å². The van der Waals surface area contributed by atoms with Crippen molar-refractivity contribution in [1.29, 1.82) is 0 Å². The number of thiophene rings is 1. The molecule has 0 unspecified atom stereocenters. The smallest absolute Gasteiger partial charge is 0.130 e. The van der Waals surface area contributed by atoms with Crippen LogP contribution in [-0.4, -0.2) is 12.4 Å². The summed E-state index contributed by atoms with van der Waals surface area (Å²) in [6, 6.07) is 0.